The van der Waals surface area contributed by atoms with Crippen LogP contribution in [-0.4, -0.2) is 52.0 Å². The molecule has 1 N–H and O–H groups in total. The lowest BCUT2D eigenvalue weighted by Gasteiger charge is -2.34. The van der Waals surface area contributed by atoms with Crippen LogP contribution in [0.5, 0.6) is 11.5 Å². The van der Waals surface area contributed by atoms with Crippen LogP contribution in [0.4, 0.5) is 0 Å². The Kier molecular flexibility index (Phi) is 8.59. The second-order valence-corrected chi connectivity index (χ2v) is 10.1. The fourth-order valence-corrected chi connectivity index (χ4v) is 5.38. The zero-order valence-electron chi connectivity index (χ0n) is 23.0. The fraction of sp³-hybridized carbons (Fsp3) is 0.355. The zero-order chi connectivity index (χ0) is 27.9. The van der Waals surface area contributed by atoms with Crippen LogP contribution in [0.25, 0.3) is 11.0 Å². The molecule has 0 bridgehead atoms. The van der Waals surface area contributed by atoms with Gasteiger partial charge in [0, 0.05) is 24.2 Å². The van der Waals surface area contributed by atoms with Gasteiger partial charge in [-0.15, -0.1) is 5.10 Å². The largest absolute Gasteiger partial charge is 0.497 e. The molecule has 1 saturated carbocycles. The third kappa shape index (κ3) is 6.09. The van der Waals surface area contributed by atoms with E-state index in [-0.39, 0.29) is 30.9 Å². The van der Waals surface area contributed by atoms with Gasteiger partial charge in [-0.3, -0.25) is 9.59 Å². The van der Waals surface area contributed by atoms with Gasteiger partial charge in [0.05, 0.1) is 19.7 Å². The molecule has 0 saturated heterocycles. The number of fused-ring (bicyclic) bond motifs is 1. The van der Waals surface area contributed by atoms with Crippen LogP contribution < -0.4 is 14.8 Å². The van der Waals surface area contributed by atoms with Crippen LogP contribution in [0.1, 0.15) is 49.3 Å². The number of methoxy groups -OCH3 is 2. The second-order valence-electron chi connectivity index (χ2n) is 10.1. The van der Waals surface area contributed by atoms with E-state index in [0.29, 0.717) is 22.6 Å². The number of nitrogens with zero attached hydrogens (tertiary/aromatic N) is 4. The lowest BCUT2D eigenvalue weighted by atomic mass is 9.94. The van der Waals surface area contributed by atoms with Gasteiger partial charge >= 0.3 is 0 Å². The number of rotatable bonds is 10. The molecule has 40 heavy (non-hydrogen) atoms. The molecule has 1 heterocycles. The molecular formula is C31H35N5O4. The summed E-state index contributed by atoms with van der Waals surface area (Å²) < 4.78 is 12.7. The van der Waals surface area contributed by atoms with Crippen molar-refractivity contribution in [1.82, 2.24) is 25.2 Å². The van der Waals surface area contributed by atoms with E-state index in [9.17, 15) is 9.59 Å². The highest BCUT2D eigenvalue weighted by Crippen LogP contribution is 2.35. The van der Waals surface area contributed by atoms with Crippen molar-refractivity contribution in [1.29, 1.82) is 0 Å². The number of ether oxygens (including phenoxy) is 2. The van der Waals surface area contributed by atoms with E-state index in [2.05, 4.69) is 15.6 Å². The smallest absolute Gasteiger partial charge is 0.247 e. The summed E-state index contributed by atoms with van der Waals surface area (Å²) in [5, 5.41) is 11.7. The minimum absolute atomic E-state index is 0.0703. The standard InChI is InChI=1S/C31H35N5O4/c1-39-24-17-18-25(28(19-24)40-2)30(31(38)32-23-13-7-4-8-14-23)35(20-22-11-5-3-6-12-22)29(37)21-36-27-16-10-9-15-26(27)33-34-36/h3,5-6,9-12,15-19,23,30H,4,7-8,13-14,20-21H2,1-2H3,(H,32,38). The van der Waals surface area contributed by atoms with Crippen molar-refractivity contribution in [2.45, 2.75) is 57.3 Å². The van der Waals surface area contributed by atoms with Crippen LogP contribution in [-0.2, 0) is 22.7 Å². The number of hydrogen-bond acceptors (Lipinski definition) is 6. The Balaban J connectivity index is 1.56. The normalized spacial score (nSPS) is 14.4. The molecule has 208 valence electrons. The molecule has 1 unspecified atom stereocenters. The number of benzene rings is 3. The number of carbonyl (C=O) groups is 2. The summed E-state index contributed by atoms with van der Waals surface area (Å²) in [6.07, 6.45) is 5.18. The molecule has 1 fully saturated rings. The molecule has 1 aliphatic carbocycles. The molecule has 9 heteroatoms. The van der Waals surface area contributed by atoms with Crippen molar-refractivity contribution < 1.29 is 19.1 Å². The minimum atomic E-state index is -0.940. The number of nitrogens with one attached hydrogen (secondary N) is 1. The molecule has 0 radical (unpaired) electrons. The van der Waals surface area contributed by atoms with Gasteiger partial charge in [-0.05, 0) is 42.7 Å². The first-order valence-electron chi connectivity index (χ1n) is 13.7. The Morgan fingerprint density at radius 2 is 1.73 bits per heavy atom. The van der Waals surface area contributed by atoms with Gasteiger partial charge in [0.15, 0.2) is 0 Å². The quantitative estimate of drug-likeness (QED) is 0.313. The van der Waals surface area contributed by atoms with Crippen LogP contribution in [0.3, 0.4) is 0 Å². The van der Waals surface area contributed by atoms with Crippen molar-refractivity contribution in [2.24, 2.45) is 0 Å². The summed E-state index contributed by atoms with van der Waals surface area (Å²) in [5.41, 5.74) is 2.95. The van der Waals surface area contributed by atoms with Gasteiger partial charge in [-0.1, -0.05) is 66.9 Å². The first-order chi connectivity index (χ1) is 19.6. The highest BCUT2D eigenvalue weighted by molar-refractivity contribution is 5.90. The highest BCUT2D eigenvalue weighted by atomic mass is 16.5. The van der Waals surface area contributed by atoms with E-state index in [0.717, 1.165) is 36.8 Å². The van der Waals surface area contributed by atoms with Gasteiger partial charge < -0.3 is 19.7 Å². The Hall–Kier alpha value is -4.40. The van der Waals surface area contributed by atoms with E-state index >= 15 is 0 Å². The molecule has 4 aromatic rings. The van der Waals surface area contributed by atoms with Crippen molar-refractivity contribution in [3.05, 3.63) is 83.9 Å². The molecule has 0 aliphatic heterocycles. The SMILES string of the molecule is COc1ccc(C(C(=O)NC2CCCCC2)N(Cc2ccccc2)C(=O)Cn2nnc3ccccc32)c(OC)c1. The number of aromatic nitrogens is 3. The molecule has 9 nitrogen and oxygen atoms in total. The summed E-state index contributed by atoms with van der Waals surface area (Å²) in [6.45, 7) is 0.156. The molecule has 1 aliphatic rings. The first kappa shape index (κ1) is 27.2. The van der Waals surface area contributed by atoms with Gasteiger partial charge in [0.1, 0.15) is 29.6 Å². The van der Waals surface area contributed by atoms with Crippen molar-refractivity contribution in [3.8, 4) is 11.5 Å². The number of carbonyl (C=O) groups excluding carboxylic acids is 2. The Morgan fingerprint density at radius 1 is 0.975 bits per heavy atom. The lowest BCUT2D eigenvalue weighted by Crippen LogP contribution is -2.47. The molecule has 3 aromatic carbocycles. The minimum Gasteiger partial charge on any atom is -0.497 e. The zero-order valence-corrected chi connectivity index (χ0v) is 23.0. The highest BCUT2D eigenvalue weighted by Gasteiger charge is 2.35. The molecule has 1 aromatic heterocycles. The van der Waals surface area contributed by atoms with E-state index in [1.165, 1.54) is 6.42 Å². The molecule has 1 atom stereocenters. The monoisotopic (exact) mass is 541 g/mol. The van der Waals surface area contributed by atoms with Crippen molar-refractivity contribution >= 4 is 22.8 Å². The summed E-state index contributed by atoms with van der Waals surface area (Å²) in [4.78, 5) is 30.0. The number of hydrogen-bond donors (Lipinski definition) is 1. The maximum atomic E-state index is 14.2. The van der Waals surface area contributed by atoms with Gasteiger partial charge in [-0.2, -0.15) is 0 Å². The number of para-hydroxylation sites is 1. The van der Waals surface area contributed by atoms with E-state index < -0.39 is 6.04 Å². The second kappa shape index (κ2) is 12.6. The summed E-state index contributed by atoms with van der Waals surface area (Å²) in [7, 11) is 3.13. The van der Waals surface area contributed by atoms with E-state index in [4.69, 9.17) is 9.47 Å². The van der Waals surface area contributed by atoms with E-state index in [1.807, 2.05) is 54.6 Å². The Labute approximate surface area is 234 Å². The number of amides is 2. The predicted octanol–water partition coefficient (Wildman–Crippen LogP) is 4.67. The molecule has 2 amide bonds. The first-order valence-corrected chi connectivity index (χ1v) is 13.7. The Morgan fingerprint density at radius 3 is 2.48 bits per heavy atom. The van der Waals surface area contributed by atoms with Crippen molar-refractivity contribution in [3.63, 3.8) is 0 Å². The van der Waals surface area contributed by atoms with Gasteiger partial charge in [0.2, 0.25) is 11.8 Å². The third-order valence-electron chi connectivity index (χ3n) is 7.47. The fourth-order valence-electron chi connectivity index (χ4n) is 5.38. The average molecular weight is 542 g/mol. The van der Waals surface area contributed by atoms with Crippen molar-refractivity contribution in [2.75, 3.05) is 14.2 Å². The lowest BCUT2D eigenvalue weighted by molar-refractivity contribution is -0.142. The van der Waals surface area contributed by atoms with E-state index in [1.54, 1.807) is 42.0 Å². The third-order valence-corrected chi connectivity index (χ3v) is 7.47. The summed E-state index contributed by atoms with van der Waals surface area (Å²) >= 11 is 0. The molecular weight excluding hydrogens is 506 g/mol. The molecule has 5 rings (SSSR count). The van der Waals surface area contributed by atoms with Crippen LogP contribution in [0.15, 0.2) is 72.8 Å². The maximum Gasteiger partial charge on any atom is 0.247 e. The van der Waals surface area contributed by atoms with Crippen LogP contribution in [0.2, 0.25) is 0 Å². The van der Waals surface area contributed by atoms with Crippen LogP contribution in [0, 0.1) is 0 Å². The van der Waals surface area contributed by atoms with Gasteiger partial charge in [-0.25, -0.2) is 4.68 Å². The van der Waals surface area contributed by atoms with Crippen LogP contribution >= 0.6 is 0 Å². The molecule has 0 spiro atoms. The maximum absolute atomic E-state index is 14.2. The Bertz CT molecular complexity index is 1450. The predicted molar refractivity (Wildman–Crippen MR) is 152 cm³/mol. The summed E-state index contributed by atoms with van der Waals surface area (Å²) in [5.74, 6) is 0.575. The summed E-state index contributed by atoms with van der Waals surface area (Å²) in [6, 6.07) is 21.6. The van der Waals surface area contributed by atoms with Gasteiger partial charge in [0.25, 0.3) is 0 Å². The average Bonchev–Trinajstić information content (AvgIpc) is 3.40. The topological polar surface area (TPSA) is 98.6 Å².